The number of benzene rings is 1. The van der Waals surface area contributed by atoms with Crippen molar-refractivity contribution in [2.24, 2.45) is 7.05 Å². The predicted molar refractivity (Wildman–Crippen MR) is 137 cm³/mol. The maximum absolute atomic E-state index is 10.00. The number of ether oxygens (including phenoxy) is 2. The number of likely N-dealkylation sites (N-methyl/N-ethyl adjacent to an activating group) is 1. The molecule has 0 amide bonds. The summed E-state index contributed by atoms with van der Waals surface area (Å²) < 4.78 is 13.3. The molecule has 3 aromatic rings. The molecule has 0 bridgehead atoms. The lowest BCUT2D eigenvalue weighted by Crippen LogP contribution is -2.29. The third kappa shape index (κ3) is 5.80. The van der Waals surface area contributed by atoms with Crippen molar-refractivity contribution in [3.8, 4) is 28.4 Å². The molecule has 3 N–H and O–H groups in total. The fourth-order valence-electron chi connectivity index (χ4n) is 4.39. The molecule has 1 aliphatic rings. The summed E-state index contributed by atoms with van der Waals surface area (Å²) in [6.45, 7) is 8.31. The molecular formula is C26H36N6O3. The zero-order valence-electron chi connectivity index (χ0n) is 21.3. The first-order chi connectivity index (χ1) is 16.9. The first-order valence-corrected chi connectivity index (χ1v) is 12.2. The van der Waals surface area contributed by atoms with Gasteiger partial charge in [-0.1, -0.05) is 12.1 Å². The number of nitrogens with one attached hydrogen (secondary N) is 2. The van der Waals surface area contributed by atoms with Crippen LogP contribution in [0.5, 0.6) is 5.75 Å². The molecule has 35 heavy (non-hydrogen) atoms. The van der Waals surface area contributed by atoms with E-state index in [4.69, 9.17) is 19.4 Å². The van der Waals surface area contributed by atoms with E-state index in [1.165, 1.54) is 0 Å². The molecule has 9 heteroatoms. The maximum atomic E-state index is 10.00. The summed E-state index contributed by atoms with van der Waals surface area (Å²) in [7, 11) is 3.75. The van der Waals surface area contributed by atoms with Gasteiger partial charge in [-0.05, 0) is 52.8 Å². The van der Waals surface area contributed by atoms with Gasteiger partial charge in [0.25, 0.3) is 0 Å². The monoisotopic (exact) mass is 480 g/mol. The lowest BCUT2D eigenvalue weighted by Gasteiger charge is -2.25. The molecule has 9 nitrogen and oxygen atoms in total. The maximum Gasteiger partial charge on any atom is 0.162 e. The summed E-state index contributed by atoms with van der Waals surface area (Å²) in [5.41, 5.74) is 5.76. The third-order valence-corrected chi connectivity index (χ3v) is 6.43. The molecule has 188 valence electrons. The van der Waals surface area contributed by atoms with Crippen molar-refractivity contribution >= 4 is 5.82 Å². The zero-order chi connectivity index (χ0) is 24.9. The molecule has 4 rings (SSSR count). The second-order valence-electron chi connectivity index (χ2n) is 9.12. The van der Waals surface area contributed by atoms with E-state index in [1.807, 2.05) is 42.9 Å². The Labute approximate surface area is 206 Å². The fourth-order valence-corrected chi connectivity index (χ4v) is 4.39. The van der Waals surface area contributed by atoms with Gasteiger partial charge in [-0.3, -0.25) is 4.68 Å². The zero-order valence-corrected chi connectivity index (χ0v) is 21.3. The molecule has 0 radical (unpaired) electrons. The number of hydrogen-bond acceptors (Lipinski definition) is 8. The van der Waals surface area contributed by atoms with E-state index in [2.05, 4.69) is 29.6 Å². The third-order valence-electron chi connectivity index (χ3n) is 6.43. The van der Waals surface area contributed by atoms with Crippen LogP contribution in [0.1, 0.15) is 29.8 Å². The standard InChI is InChI=1S/C26H36N6O3/c1-16-24(23-17(2)31-32(5)18(23)3)29-26(30-25(16)28-20-9-11-34-12-10-20)19-7-6-8-22(13-19)35-15-21(33)14-27-4/h6-8,13,20-21,27,33H,9-12,14-15H2,1-5H3,(H,28,29,30). The van der Waals surface area contributed by atoms with E-state index >= 15 is 0 Å². The highest BCUT2D eigenvalue weighted by atomic mass is 16.5. The summed E-state index contributed by atoms with van der Waals surface area (Å²) in [6, 6.07) is 8.00. The average molecular weight is 481 g/mol. The quantitative estimate of drug-likeness (QED) is 0.429. The Morgan fingerprint density at radius 1 is 1.20 bits per heavy atom. The van der Waals surface area contributed by atoms with Crippen LogP contribution in [-0.4, -0.2) is 70.4 Å². The molecule has 1 fully saturated rings. The molecule has 1 aliphatic heterocycles. The Morgan fingerprint density at radius 3 is 2.66 bits per heavy atom. The second-order valence-corrected chi connectivity index (χ2v) is 9.12. The van der Waals surface area contributed by atoms with Gasteiger partial charge in [0.1, 0.15) is 24.3 Å². The van der Waals surface area contributed by atoms with Gasteiger partial charge in [-0.2, -0.15) is 5.10 Å². The van der Waals surface area contributed by atoms with Crippen LogP contribution in [0.3, 0.4) is 0 Å². The number of anilines is 1. The number of hydrogen-bond donors (Lipinski definition) is 3. The Kier molecular flexibility index (Phi) is 8.00. The molecule has 1 aromatic carbocycles. The summed E-state index contributed by atoms with van der Waals surface area (Å²) in [5.74, 6) is 2.11. The highest BCUT2D eigenvalue weighted by Crippen LogP contribution is 2.34. The van der Waals surface area contributed by atoms with E-state index in [9.17, 15) is 5.11 Å². The first-order valence-electron chi connectivity index (χ1n) is 12.2. The fraction of sp³-hybridized carbons (Fsp3) is 0.500. The minimum absolute atomic E-state index is 0.203. The normalized spacial score (nSPS) is 15.3. The van der Waals surface area contributed by atoms with Crippen molar-refractivity contribution in [2.75, 3.05) is 38.7 Å². The molecule has 0 spiro atoms. The summed E-state index contributed by atoms with van der Waals surface area (Å²) in [5, 5.41) is 21.2. The van der Waals surface area contributed by atoms with Crippen molar-refractivity contribution < 1.29 is 14.6 Å². The molecule has 3 heterocycles. The Hall–Kier alpha value is -3.01. The van der Waals surface area contributed by atoms with Gasteiger partial charge in [-0.15, -0.1) is 0 Å². The van der Waals surface area contributed by atoms with Crippen molar-refractivity contribution in [3.63, 3.8) is 0 Å². The van der Waals surface area contributed by atoms with E-state index in [1.54, 1.807) is 7.05 Å². The van der Waals surface area contributed by atoms with Crippen LogP contribution < -0.4 is 15.4 Å². The Balaban J connectivity index is 1.74. The molecule has 0 saturated carbocycles. The van der Waals surface area contributed by atoms with Gasteiger partial charge in [0, 0.05) is 55.2 Å². The molecule has 1 unspecified atom stereocenters. The highest BCUT2D eigenvalue weighted by molar-refractivity contribution is 5.75. The highest BCUT2D eigenvalue weighted by Gasteiger charge is 2.22. The predicted octanol–water partition coefficient (Wildman–Crippen LogP) is 3.02. The lowest BCUT2D eigenvalue weighted by molar-refractivity contribution is 0.0904. The largest absolute Gasteiger partial charge is 0.491 e. The molecule has 1 saturated heterocycles. The van der Waals surface area contributed by atoms with Crippen molar-refractivity contribution in [1.29, 1.82) is 0 Å². The summed E-state index contributed by atoms with van der Waals surface area (Å²) in [4.78, 5) is 9.97. The topological polar surface area (TPSA) is 106 Å². The van der Waals surface area contributed by atoms with Crippen molar-refractivity contribution in [2.45, 2.75) is 45.8 Å². The minimum atomic E-state index is -0.585. The average Bonchev–Trinajstić information content (AvgIpc) is 3.11. The van der Waals surface area contributed by atoms with Crippen LogP contribution in [-0.2, 0) is 11.8 Å². The van der Waals surface area contributed by atoms with Crippen LogP contribution in [0.25, 0.3) is 22.6 Å². The SMILES string of the molecule is CNCC(O)COc1cccc(-c2nc(NC3CCOCC3)c(C)c(-c3c(C)nn(C)c3C)n2)c1. The van der Waals surface area contributed by atoms with E-state index < -0.39 is 6.10 Å². The van der Waals surface area contributed by atoms with E-state index in [-0.39, 0.29) is 6.61 Å². The van der Waals surface area contributed by atoms with Crippen molar-refractivity contribution in [3.05, 3.63) is 41.2 Å². The minimum Gasteiger partial charge on any atom is -0.491 e. The van der Waals surface area contributed by atoms with Crippen LogP contribution in [0, 0.1) is 20.8 Å². The van der Waals surface area contributed by atoms with Gasteiger partial charge in [-0.25, -0.2) is 9.97 Å². The van der Waals surface area contributed by atoms with Gasteiger partial charge in [0.05, 0.1) is 11.4 Å². The number of aliphatic hydroxyl groups excluding tert-OH is 1. The van der Waals surface area contributed by atoms with Crippen molar-refractivity contribution in [1.82, 2.24) is 25.1 Å². The smallest absolute Gasteiger partial charge is 0.162 e. The van der Waals surface area contributed by atoms with Gasteiger partial charge in [0.15, 0.2) is 5.82 Å². The van der Waals surface area contributed by atoms with Gasteiger partial charge in [0.2, 0.25) is 0 Å². The molecular weight excluding hydrogens is 444 g/mol. The number of aryl methyl sites for hydroxylation is 2. The lowest BCUT2D eigenvalue weighted by atomic mass is 10.0. The van der Waals surface area contributed by atoms with Crippen LogP contribution in [0.15, 0.2) is 24.3 Å². The number of aromatic nitrogens is 4. The van der Waals surface area contributed by atoms with E-state index in [0.717, 1.165) is 65.6 Å². The van der Waals surface area contributed by atoms with Crippen LogP contribution in [0.2, 0.25) is 0 Å². The Bertz CT molecular complexity index is 1160. The first kappa shape index (κ1) is 25.1. The van der Waals surface area contributed by atoms with Gasteiger partial charge >= 0.3 is 0 Å². The van der Waals surface area contributed by atoms with E-state index in [0.29, 0.717) is 24.2 Å². The molecule has 0 aliphatic carbocycles. The van der Waals surface area contributed by atoms with Crippen LogP contribution >= 0.6 is 0 Å². The molecule has 2 aromatic heterocycles. The summed E-state index contributed by atoms with van der Waals surface area (Å²) >= 11 is 0. The van der Waals surface area contributed by atoms with Gasteiger partial charge < -0.3 is 25.2 Å². The van der Waals surface area contributed by atoms with Crippen LogP contribution in [0.4, 0.5) is 5.82 Å². The molecule has 1 atom stereocenters. The number of nitrogens with zero attached hydrogens (tertiary/aromatic N) is 4. The number of aliphatic hydroxyl groups is 1. The number of rotatable bonds is 9. The summed E-state index contributed by atoms with van der Waals surface area (Å²) in [6.07, 6.45) is 1.30. The second kappa shape index (κ2) is 11.2. The Morgan fingerprint density at radius 2 is 1.97 bits per heavy atom.